The summed E-state index contributed by atoms with van der Waals surface area (Å²) in [6.07, 6.45) is 0. The minimum atomic E-state index is -0.363. The molecular weight excluding hydrogens is 316 g/mol. The topological polar surface area (TPSA) is 43.6 Å². The van der Waals surface area contributed by atoms with Gasteiger partial charge < -0.3 is 0 Å². The molecule has 120 valence electrons. The number of hydrogen-bond acceptors (Lipinski definition) is 4. The average Bonchev–Trinajstić information content (AvgIpc) is 3.20. The number of thiazole rings is 1. The van der Waals surface area contributed by atoms with E-state index in [1.165, 1.54) is 4.88 Å². The fraction of sp³-hybridized carbons (Fsp3) is 0.211. The second kappa shape index (κ2) is 5.53. The second-order valence-electron chi connectivity index (χ2n) is 6.34. The van der Waals surface area contributed by atoms with Crippen LogP contribution in [0.25, 0.3) is 22.3 Å². The van der Waals surface area contributed by atoms with Crippen molar-refractivity contribution in [2.24, 2.45) is 0 Å². The molecule has 0 amide bonds. The number of aryl methyl sites for hydroxylation is 1. The first kappa shape index (κ1) is 15.0. The highest BCUT2D eigenvalue weighted by atomic mass is 32.1. The zero-order valence-electron chi connectivity index (χ0n) is 13.9. The molecule has 0 aliphatic rings. The quantitative estimate of drug-likeness (QED) is 0.548. The number of fused-ring (bicyclic) bond motifs is 1. The minimum absolute atomic E-state index is 0.363. The van der Waals surface area contributed by atoms with E-state index in [4.69, 9.17) is 4.98 Å². The molecule has 0 radical (unpaired) electrons. The van der Waals surface area contributed by atoms with Crippen LogP contribution in [0.3, 0.4) is 0 Å². The molecule has 0 N–H and O–H groups in total. The largest absolute Gasteiger partial charge is 0.238 e. The highest BCUT2D eigenvalue weighted by Crippen LogP contribution is 2.35. The Morgan fingerprint density at radius 3 is 2.46 bits per heavy atom. The van der Waals surface area contributed by atoms with Crippen molar-refractivity contribution in [3.63, 3.8) is 0 Å². The highest BCUT2D eigenvalue weighted by molar-refractivity contribution is 7.12. The number of benzene rings is 2. The maximum absolute atomic E-state index is 4.94. The van der Waals surface area contributed by atoms with Crippen LogP contribution in [0, 0.1) is 6.92 Å². The normalized spacial score (nSPS) is 12.0. The van der Waals surface area contributed by atoms with Crippen LogP contribution in [-0.4, -0.2) is 20.0 Å². The Morgan fingerprint density at radius 2 is 1.67 bits per heavy atom. The second-order valence-corrected chi connectivity index (χ2v) is 7.54. The zero-order chi connectivity index (χ0) is 16.7. The Labute approximate surface area is 144 Å². The first-order chi connectivity index (χ1) is 11.6. The Balaban J connectivity index is 1.83. The molecule has 2 heterocycles. The van der Waals surface area contributed by atoms with Crippen LogP contribution in [0.1, 0.15) is 23.7 Å². The van der Waals surface area contributed by atoms with Gasteiger partial charge in [0.15, 0.2) is 0 Å². The van der Waals surface area contributed by atoms with Gasteiger partial charge in [0.2, 0.25) is 0 Å². The van der Waals surface area contributed by atoms with Gasteiger partial charge in [0.25, 0.3) is 0 Å². The van der Waals surface area contributed by atoms with Crippen LogP contribution >= 0.6 is 11.3 Å². The van der Waals surface area contributed by atoms with Gasteiger partial charge in [0, 0.05) is 10.4 Å². The summed E-state index contributed by atoms with van der Waals surface area (Å²) < 4.78 is 1.97. The van der Waals surface area contributed by atoms with Crippen molar-refractivity contribution < 1.29 is 0 Å². The van der Waals surface area contributed by atoms with Crippen LogP contribution < -0.4 is 0 Å². The fourth-order valence-corrected chi connectivity index (χ4v) is 3.92. The summed E-state index contributed by atoms with van der Waals surface area (Å²) in [5.41, 5.74) is 3.77. The standard InChI is InChI=1S/C19H18N4S/c1-13-17(14-9-5-4-6-10-14)20-18(24-13)19(2,3)23-16-12-8-7-11-15(16)21-22-23/h4-12H,1-3H3. The Hall–Kier alpha value is -2.53. The van der Waals surface area contributed by atoms with Crippen molar-refractivity contribution >= 4 is 22.4 Å². The average molecular weight is 334 g/mol. The number of rotatable bonds is 3. The van der Waals surface area contributed by atoms with Crippen LogP contribution in [0.15, 0.2) is 54.6 Å². The third-order valence-corrected chi connectivity index (χ3v) is 5.53. The van der Waals surface area contributed by atoms with E-state index in [1.54, 1.807) is 11.3 Å². The lowest BCUT2D eigenvalue weighted by molar-refractivity contribution is 0.391. The van der Waals surface area contributed by atoms with Gasteiger partial charge >= 0.3 is 0 Å². The molecule has 0 unspecified atom stereocenters. The molecule has 0 atom stereocenters. The van der Waals surface area contributed by atoms with Crippen molar-refractivity contribution in [3.8, 4) is 11.3 Å². The van der Waals surface area contributed by atoms with E-state index in [1.807, 2.05) is 41.1 Å². The fourth-order valence-electron chi connectivity index (χ4n) is 2.89. The molecular formula is C19H18N4S. The van der Waals surface area contributed by atoms with E-state index in [2.05, 4.69) is 49.3 Å². The molecule has 5 heteroatoms. The lowest BCUT2D eigenvalue weighted by Crippen LogP contribution is -2.28. The summed E-state index contributed by atoms with van der Waals surface area (Å²) in [7, 11) is 0. The maximum atomic E-state index is 4.94. The van der Waals surface area contributed by atoms with Gasteiger partial charge in [-0.15, -0.1) is 16.4 Å². The third-order valence-electron chi connectivity index (χ3n) is 4.25. The number of hydrogen-bond donors (Lipinski definition) is 0. The van der Waals surface area contributed by atoms with E-state index in [0.717, 1.165) is 27.3 Å². The van der Waals surface area contributed by atoms with Gasteiger partial charge in [-0.3, -0.25) is 0 Å². The van der Waals surface area contributed by atoms with Crippen LogP contribution in [0.4, 0.5) is 0 Å². The maximum Gasteiger partial charge on any atom is 0.121 e. The number of aromatic nitrogens is 4. The summed E-state index contributed by atoms with van der Waals surface area (Å²) in [5.74, 6) is 0. The minimum Gasteiger partial charge on any atom is -0.238 e. The molecule has 0 bridgehead atoms. The van der Waals surface area contributed by atoms with E-state index in [-0.39, 0.29) is 5.54 Å². The van der Waals surface area contributed by atoms with Gasteiger partial charge in [0.05, 0.1) is 11.2 Å². The van der Waals surface area contributed by atoms with Crippen molar-refractivity contribution in [1.29, 1.82) is 0 Å². The van der Waals surface area contributed by atoms with Crippen molar-refractivity contribution in [1.82, 2.24) is 20.0 Å². The Kier molecular flexibility index (Phi) is 3.46. The van der Waals surface area contributed by atoms with Gasteiger partial charge in [-0.2, -0.15) is 0 Å². The van der Waals surface area contributed by atoms with Gasteiger partial charge in [-0.05, 0) is 32.9 Å². The van der Waals surface area contributed by atoms with E-state index in [9.17, 15) is 0 Å². The number of nitrogens with zero attached hydrogens (tertiary/aromatic N) is 4. The molecule has 2 aromatic heterocycles. The van der Waals surface area contributed by atoms with Gasteiger partial charge in [-0.25, -0.2) is 9.67 Å². The molecule has 4 rings (SSSR count). The van der Waals surface area contributed by atoms with Gasteiger partial charge in [0.1, 0.15) is 16.1 Å². The molecule has 0 aliphatic carbocycles. The molecule has 24 heavy (non-hydrogen) atoms. The lowest BCUT2D eigenvalue weighted by Gasteiger charge is -2.22. The molecule has 2 aromatic carbocycles. The summed E-state index contributed by atoms with van der Waals surface area (Å²) in [6.45, 7) is 6.40. The number of para-hydroxylation sites is 1. The molecule has 4 nitrogen and oxygen atoms in total. The Morgan fingerprint density at radius 1 is 0.958 bits per heavy atom. The summed E-state index contributed by atoms with van der Waals surface area (Å²) in [6, 6.07) is 18.3. The predicted octanol–water partition coefficient (Wildman–Crippen LogP) is 4.65. The molecule has 0 spiro atoms. The first-order valence-electron chi connectivity index (χ1n) is 7.91. The molecule has 0 fully saturated rings. The monoisotopic (exact) mass is 334 g/mol. The summed E-state index contributed by atoms with van der Waals surface area (Å²) >= 11 is 1.72. The third kappa shape index (κ3) is 2.32. The molecule has 4 aromatic rings. The Bertz CT molecular complexity index is 999. The zero-order valence-corrected chi connectivity index (χ0v) is 14.7. The lowest BCUT2D eigenvalue weighted by atomic mass is 10.1. The van der Waals surface area contributed by atoms with E-state index in [0.29, 0.717) is 0 Å². The first-order valence-corrected chi connectivity index (χ1v) is 8.73. The molecule has 0 saturated carbocycles. The SMILES string of the molecule is Cc1sc(C(C)(C)n2nnc3ccccc32)nc1-c1ccccc1. The van der Waals surface area contributed by atoms with Crippen molar-refractivity contribution in [2.45, 2.75) is 26.3 Å². The van der Waals surface area contributed by atoms with Crippen molar-refractivity contribution in [3.05, 3.63) is 64.5 Å². The van der Waals surface area contributed by atoms with Crippen LogP contribution in [-0.2, 0) is 5.54 Å². The summed E-state index contributed by atoms with van der Waals surface area (Å²) in [4.78, 5) is 6.16. The van der Waals surface area contributed by atoms with E-state index < -0.39 is 0 Å². The van der Waals surface area contributed by atoms with E-state index >= 15 is 0 Å². The molecule has 0 aliphatic heterocycles. The summed E-state index contributed by atoms with van der Waals surface area (Å²) in [5, 5.41) is 9.71. The highest BCUT2D eigenvalue weighted by Gasteiger charge is 2.30. The van der Waals surface area contributed by atoms with Gasteiger partial charge in [-0.1, -0.05) is 47.7 Å². The van der Waals surface area contributed by atoms with Crippen LogP contribution in [0.2, 0.25) is 0 Å². The smallest absolute Gasteiger partial charge is 0.121 e. The predicted molar refractivity (Wildman–Crippen MR) is 98.2 cm³/mol. The molecule has 0 saturated heterocycles. The van der Waals surface area contributed by atoms with Crippen LogP contribution in [0.5, 0.6) is 0 Å². The van der Waals surface area contributed by atoms with Crippen molar-refractivity contribution in [2.75, 3.05) is 0 Å².